The van der Waals surface area contributed by atoms with E-state index < -0.39 is 0 Å². The number of aromatic nitrogens is 1. The van der Waals surface area contributed by atoms with Gasteiger partial charge in [0.2, 0.25) is 5.91 Å². The lowest BCUT2D eigenvalue weighted by Gasteiger charge is -2.09. The molecule has 1 aromatic carbocycles. The number of fused-ring (bicyclic) bond motifs is 1. The summed E-state index contributed by atoms with van der Waals surface area (Å²) in [5.41, 5.74) is 1.84. The van der Waals surface area contributed by atoms with E-state index in [4.69, 9.17) is 0 Å². The average Bonchev–Trinajstić information content (AvgIpc) is 3.19. The van der Waals surface area contributed by atoms with Crippen LogP contribution in [0.15, 0.2) is 34.9 Å². The summed E-state index contributed by atoms with van der Waals surface area (Å²) < 4.78 is 0.996. The molecule has 1 saturated carbocycles. The third kappa shape index (κ3) is 3.04. The molecule has 0 bridgehead atoms. The van der Waals surface area contributed by atoms with Gasteiger partial charge >= 0.3 is 0 Å². The van der Waals surface area contributed by atoms with Gasteiger partial charge in [-0.3, -0.25) is 9.78 Å². The minimum Gasteiger partial charge on any atom is -0.376 e. The van der Waals surface area contributed by atoms with Crippen LogP contribution in [0.2, 0.25) is 0 Å². The van der Waals surface area contributed by atoms with E-state index in [0.29, 0.717) is 12.6 Å². The monoisotopic (exact) mass is 319 g/mol. The highest BCUT2D eigenvalue weighted by Gasteiger charge is 2.22. The number of hydrogen-bond donors (Lipinski definition) is 2. The van der Waals surface area contributed by atoms with Crippen LogP contribution >= 0.6 is 15.9 Å². The fraction of sp³-hybridized carbons (Fsp3) is 0.286. The van der Waals surface area contributed by atoms with Gasteiger partial charge in [0.1, 0.15) is 0 Å². The Morgan fingerprint density at radius 1 is 1.37 bits per heavy atom. The Morgan fingerprint density at radius 3 is 3.00 bits per heavy atom. The van der Waals surface area contributed by atoms with Crippen molar-refractivity contribution >= 4 is 38.4 Å². The van der Waals surface area contributed by atoms with E-state index in [-0.39, 0.29) is 5.91 Å². The summed E-state index contributed by atoms with van der Waals surface area (Å²) in [6.07, 6.45) is 3.96. The number of rotatable bonds is 4. The number of hydrogen-bond acceptors (Lipinski definition) is 3. The molecule has 4 nitrogen and oxygen atoms in total. The van der Waals surface area contributed by atoms with Gasteiger partial charge in [-0.25, -0.2) is 0 Å². The van der Waals surface area contributed by atoms with E-state index in [1.807, 2.05) is 24.3 Å². The van der Waals surface area contributed by atoms with Crippen LogP contribution < -0.4 is 10.6 Å². The predicted octanol–water partition coefficient (Wildman–Crippen LogP) is 2.69. The summed E-state index contributed by atoms with van der Waals surface area (Å²) in [6, 6.07) is 8.22. The molecule has 0 saturated heterocycles. The summed E-state index contributed by atoms with van der Waals surface area (Å²) in [5, 5.41) is 7.15. The molecule has 0 unspecified atom stereocenters. The molecule has 1 fully saturated rings. The SMILES string of the molecule is O=C(CNc1ccnc2cc(Br)ccc12)NC1CC1. The fourth-order valence-corrected chi connectivity index (χ4v) is 2.31. The zero-order chi connectivity index (χ0) is 13.2. The lowest BCUT2D eigenvalue weighted by Crippen LogP contribution is -2.31. The van der Waals surface area contributed by atoms with Crippen LogP contribution in [0.25, 0.3) is 10.9 Å². The Labute approximate surface area is 119 Å². The smallest absolute Gasteiger partial charge is 0.239 e. The second kappa shape index (κ2) is 5.17. The average molecular weight is 320 g/mol. The lowest BCUT2D eigenvalue weighted by atomic mass is 10.2. The molecule has 1 aliphatic rings. The van der Waals surface area contributed by atoms with Crippen molar-refractivity contribution in [2.24, 2.45) is 0 Å². The lowest BCUT2D eigenvalue weighted by molar-refractivity contribution is -0.119. The maximum atomic E-state index is 11.7. The van der Waals surface area contributed by atoms with Crippen molar-refractivity contribution in [3.05, 3.63) is 34.9 Å². The Kier molecular flexibility index (Phi) is 3.38. The third-order valence-electron chi connectivity index (χ3n) is 3.09. The number of carbonyl (C=O) groups excluding carboxylic acids is 1. The number of carbonyl (C=O) groups is 1. The predicted molar refractivity (Wildman–Crippen MR) is 79.1 cm³/mol. The van der Waals surface area contributed by atoms with E-state index in [1.165, 1.54) is 0 Å². The summed E-state index contributed by atoms with van der Waals surface area (Å²) >= 11 is 3.43. The molecular formula is C14H14BrN3O. The Hall–Kier alpha value is -1.62. The first kappa shape index (κ1) is 12.4. The molecule has 0 atom stereocenters. The van der Waals surface area contributed by atoms with Crippen molar-refractivity contribution in [1.29, 1.82) is 0 Å². The van der Waals surface area contributed by atoms with Gasteiger partial charge in [-0.1, -0.05) is 15.9 Å². The van der Waals surface area contributed by atoms with Gasteiger partial charge in [0, 0.05) is 27.8 Å². The molecule has 3 rings (SSSR count). The van der Waals surface area contributed by atoms with Crippen LogP contribution in [0.3, 0.4) is 0 Å². The Bertz CT molecular complexity index is 625. The quantitative estimate of drug-likeness (QED) is 0.911. The number of nitrogens with one attached hydrogen (secondary N) is 2. The molecule has 1 aliphatic carbocycles. The standard InChI is InChI=1S/C14H14BrN3O/c15-9-1-4-11-12(5-6-16-13(11)7-9)17-8-14(19)18-10-2-3-10/h1,4-7,10H,2-3,8H2,(H,16,17)(H,18,19). The summed E-state index contributed by atoms with van der Waals surface area (Å²) in [4.78, 5) is 16.0. The molecular weight excluding hydrogens is 306 g/mol. The highest BCUT2D eigenvalue weighted by Crippen LogP contribution is 2.24. The highest BCUT2D eigenvalue weighted by molar-refractivity contribution is 9.10. The van der Waals surface area contributed by atoms with Crippen LogP contribution in [0.5, 0.6) is 0 Å². The first-order valence-corrected chi connectivity index (χ1v) is 7.09. The second-order valence-corrected chi connectivity index (χ2v) is 5.63. The van der Waals surface area contributed by atoms with Crippen molar-refractivity contribution in [2.75, 3.05) is 11.9 Å². The maximum absolute atomic E-state index is 11.7. The summed E-state index contributed by atoms with van der Waals surface area (Å²) in [5.74, 6) is 0.0459. The molecule has 2 N–H and O–H groups in total. The zero-order valence-corrected chi connectivity index (χ0v) is 11.9. The van der Waals surface area contributed by atoms with Crippen LogP contribution in [-0.4, -0.2) is 23.5 Å². The van der Waals surface area contributed by atoms with Crippen LogP contribution in [0, 0.1) is 0 Å². The topological polar surface area (TPSA) is 54.0 Å². The van der Waals surface area contributed by atoms with Gasteiger partial charge in [-0.2, -0.15) is 0 Å². The van der Waals surface area contributed by atoms with Gasteiger partial charge < -0.3 is 10.6 Å². The zero-order valence-electron chi connectivity index (χ0n) is 10.3. The normalized spacial score (nSPS) is 14.4. The van der Waals surface area contributed by atoms with Crippen LogP contribution in [-0.2, 0) is 4.79 Å². The molecule has 1 aromatic heterocycles. The number of anilines is 1. The van der Waals surface area contributed by atoms with E-state index in [0.717, 1.165) is 33.9 Å². The van der Waals surface area contributed by atoms with Gasteiger partial charge in [-0.15, -0.1) is 0 Å². The summed E-state index contributed by atoms with van der Waals surface area (Å²) in [7, 11) is 0. The number of benzene rings is 1. The molecule has 0 spiro atoms. The third-order valence-corrected chi connectivity index (χ3v) is 3.58. The highest BCUT2D eigenvalue weighted by atomic mass is 79.9. The van der Waals surface area contributed by atoms with Gasteiger partial charge in [0.25, 0.3) is 0 Å². The van der Waals surface area contributed by atoms with E-state index >= 15 is 0 Å². The van der Waals surface area contributed by atoms with Crippen molar-refractivity contribution in [3.8, 4) is 0 Å². The molecule has 0 radical (unpaired) electrons. The Balaban J connectivity index is 1.74. The van der Waals surface area contributed by atoms with Gasteiger partial charge in [0.05, 0.1) is 12.1 Å². The molecule has 2 aromatic rings. The number of amides is 1. The van der Waals surface area contributed by atoms with Crippen LogP contribution in [0.1, 0.15) is 12.8 Å². The van der Waals surface area contributed by atoms with Gasteiger partial charge in [0.15, 0.2) is 0 Å². The fourth-order valence-electron chi connectivity index (χ4n) is 1.96. The maximum Gasteiger partial charge on any atom is 0.239 e. The van der Waals surface area contributed by atoms with E-state index in [2.05, 4.69) is 31.5 Å². The van der Waals surface area contributed by atoms with Crippen molar-refractivity contribution in [1.82, 2.24) is 10.3 Å². The number of halogens is 1. The number of nitrogens with zero attached hydrogens (tertiary/aromatic N) is 1. The first-order valence-electron chi connectivity index (χ1n) is 6.30. The molecule has 1 amide bonds. The second-order valence-electron chi connectivity index (χ2n) is 4.72. The van der Waals surface area contributed by atoms with E-state index in [9.17, 15) is 4.79 Å². The van der Waals surface area contributed by atoms with Crippen molar-refractivity contribution in [2.45, 2.75) is 18.9 Å². The van der Waals surface area contributed by atoms with Crippen molar-refractivity contribution in [3.63, 3.8) is 0 Å². The Morgan fingerprint density at radius 2 is 2.21 bits per heavy atom. The summed E-state index contributed by atoms with van der Waals surface area (Å²) in [6.45, 7) is 0.297. The minimum atomic E-state index is 0.0459. The van der Waals surface area contributed by atoms with Gasteiger partial charge in [-0.05, 0) is 37.1 Å². The minimum absolute atomic E-state index is 0.0459. The largest absolute Gasteiger partial charge is 0.376 e. The van der Waals surface area contributed by atoms with Crippen LogP contribution in [0.4, 0.5) is 5.69 Å². The van der Waals surface area contributed by atoms with E-state index in [1.54, 1.807) is 6.20 Å². The molecule has 5 heteroatoms. The molecule has 98 valence electrons. The number of pyridine rings is 1. The van der Waals surface area contributed by atoms with Crippen molar-refractivity contribution < 1.29 is 4.79 Å². The molecule has 19 heavy (non-hydrogen) atoms. The molecule has 0 aliphatic heterocycles. The first-order chi connectivity index (χ1) is 9.22. The molecule has 1 heterocycles.